The van der Waals surface area contributed by atoms with E-state index in [0.29, 0.717) is 12.1 Å². The monoisotopic (exact) mass is 519 g/mol. The zero-order chi connectivity index (χ0) is 26.8. The van der Waals surface area contributed by atoms with Crippen LogP contribution in [-0.2, 0) is 0 Å². The molecular weight excluding hydrogens is 499 g/mol. The van der Waals surface area contributed by atoms with Crippen LogP contribution < -0.4 is 16.0 Å². The molecule has 1 atom stereocenters. The number of likely N-dealkylation sites (N-methyl/N-ethyl adjacent to an activating group) is 1. The molecule has 3 aromatic rings. The highest BCUT2D eigenvalue weighted by atomic mass is 19.4. The van der Waals surface area contributed by atoms with Crippen molar-refractivity contribution in [1.82, 2.24) is 15.1 Å². The first kappa shape index (κ1) is 26.8. The molecule has 4 N–H and O–H groups in total. The van der Waals surface area contributed by atoms with E-state index in [1.165, 1.54) is 6.92 Å². The molecule has 1 amide bonds. The second kappa shape index (κ2) is 10.0. The predicted octanol–water partition coefficient (Wildman–Crippen LogP) is 3.56. The molecule has 0 saturated heterocycles. The van der Waals surface area contributed by atoms with Crippen molar-refractivity contribution in [3.05, 3.63) is 71.4 Å². The Morgan fingerprint density at radius 2 is 1.72 bits per heavy atom. The number of hydrogen-bond donors (Lipinski definition) is 3. The third-order valence-electron chi connectivity index (χ3n) is 5.34. The number of nitrogen functional groups attached to an aromatic ring is 1. The maximum Gasteiger partial charge on any atom is 0.420 e. The highest BCUT2D eigenvalue weighted by Gasteiger charge is 2.55. The summed E-state index contributed by atoms with van der Waals surface area (Å²) in [5.74, 6) is -5.52. The van der Waals surface area contributed by atoms with Crippen molar-refractivity contribution in [3.8, 4) is 5.69 Å². The van der Waals surface area contributed by atoms with E-state index in [-0.39, 0.29) is 12.2 Å². The Morgan fingerprint density at radius 1 is 1.08 bits per heavy atom. The molecule has 0 fully saturated rings. The molecule has 2 aromatic carbocycles. The van der Waals surface area contributed by atoms with E-state index < -0.39 is 71.1 Å². The van der Waals surface area contributed by atoms with Gasteiger partial charge in [-0.15, -0.1) is 0 Å². The number of benzene rings is 2. The van der Waals surface area contributed by atoms with Gasteiger partial charge in [-0.3, -0.25) is 4.79 Å². The van der Waals surface area contributed by atoms with Crippen molar-refractivity contribution in [1.29, 1.82) is 0 Å². The van der Waals surface area contributed by atoms with Gasteiger partial charge >= 0.3 is 6.18 Å². The number of halogens is 7. The summed E-state index contributed by atoms with van der Waals surface area (Å²) in [6.07, 6.45) is -4.45. The molecule has 0 saturated carbocycles. The second-order valence-corrected chi connectivity index (χ2v) is 7.77. The number of anilines is 2. The predicted molar refractivity (Wildman–Crippen MR) is 115 cm³/mol. The molecule has 7 nitrogen and oxygen atoms in total. The Balaban J connectivity index is 1.83. The van der Waals surface area contributed by atoms with Gasteiger partial charge in [-0.25, -0.2) is 22.2 Å². The van der Waals surface area contributed by atoms with Crippen LogP contribution in [0.1, 0.15) is 17.3 Å². The number of nitrogens with two attached hydrogens (primary N) is 1. The van der Waals surface area contributed by atoms with E-state index in [1.807, 2.05) is 5.32 Å². The minimum absolute atomic E-state index is 0.240. The number of rotatable bonds is 8. The number of carbonyl (C=O) groups excluding carboxylic acids is 1. The summed E-state index contributed by atoms with van der Waals surface area (Å²) in [6, 6.07) is 4.63. The average Bonchev–Trinajstić information content (AvgIpc) is 3.18. The standard InChI is InChI=1S/C22H20F7N5O2/c1-2-33(18-8-13(24)3-5-15(18)25)11-21(36,22(27,28)29)10-31-20(35)14-9-32-34(19(14)30)17-6-4-12(23)7-16(17)26/h3-9,36H,2,10-11,30H2,1H3,(H,31,35). The summed E-state index contributed by atoms with van der Waals surface area (Å²) in [6.45, 7) is -1.51. The van der Waals surface area contributed by atoms with Crippen LogP contribution in [0.4, 0.5) is 42.2 Å². The summed E-state index contributed by atoms with van der Waals surface area (Å²) >= 11 is 0. The lowest BCUT2D eigenvalue weighted by atomic mass is 10.0. The van der Waals surface area contributed by atoms with E-state index in [1.54, 1.807) is 0 Å². The van der Waals surface area contributed by atoms with Crippen LogP contribution in [0.3, 0.4) is 0 Å². The van der Waals surface area contributed by atoms with Crippen molar-refractivity contribution in [2.75, 3.05) is 30.3 Å². The van der Waals surface area contributed by atoms with Gasteiger partial charge in [-0.1, -0.05) is 0 Å². The van der Waals surface area contributed by atoms with Gasteiger partial charge in [0.1, 0.15) is 34.5 Å². The number of alkyl halides is 3. The highest BCUT2D eigenvalue weighted by molar-refractivity contribution is 5.98. The third-order valence-corrected chi connectivity index (χ3v) is 5.34. The van der Waals surface area contributed by atoms with Crippen LogP contribution in [0.25, 0.3) is 5.69 Å². The summed E-state index contributed by atoms with van der Waals surface area (Å²) in [4.78, 5) is 13.3. The number of aromatic nitrogens is 2. The molecular formula is C22H20F7N5O2. The van der Waals surface area contributed by atoms with Crippen molar-refractivity contribution in [3.63, 3.8) is 0 Å². The molecule has 0 aliphatic carbocycles. The quantitative estimate of drug-likeness (QED) is 0.396. The highest BCUT2D eigenvalue weighted by Crippen LogP contribution is 2.33. The Labute approximate surface area is 199 Å². The van der Waals surface area contributed by atoms with Crippen LogP contribution in [0.2, 0.25) is 0 Å². The first-order chi connectivity index (χ1) is 16.8. The number of nitrogens with one attached hydrogen (secondary N) is 1. The van der Waals surface area contributed by atoms with Gasteiger partial charge in [0, 0.05) is 18.7 Å². The zero-order valence-electron chi connectivity index (χ0n) is 18.6. The molecule has 0 radical (unpaired) electrons. The maximum absolute atomic E-state index is 14.1. The van der Waals surface area contributed by atoms with Crippen LogP contribution in [0.5, 0.6) is 0 Å². The van der Waals surface area contributed by atoms with Crippen molar-refractivity contribution in [2.24, 2.45) is 0 Å². The van der Waals surface area contributed by atoms with Gasteiger partial charge in [-0.2, -0.15) is 18.3 Å². The number of amides is 1. The minimum atomic E-state index is -5.30. The van der Waals surface area contributed by atoms with Gasteiger partial charge in [0.05, 0.1) is 25.0 Å². The van der Waals surface area contributed by atoms with Crippen molar-refractivity contribution < 1.29 is 40.6 Å². The number of carbonyl (C=O) groups is 1. The lowest BCUT2D eigenvalue weighted by Crippen LogP contribution is -2.60. The molecule has 1 heterocycles. The molecule has 14 heteroatoms. The fraction of sp³-hybridized carbons (Fsp3) is 0.273. The molecule has 194 valence electrons. The minimum Gasteiger partial charge on any atom is -0.383 e. The van der Waals surface area contributed by atoms with Crippen LogP contribution >= 0.6 is 0 Å². The first-order valence-corrected chi connectivity index (χ1v) is 10.3. The van der Waals surface area contributed by atoms with Gasteiger partial charge in [0.15, 0.2) is 11.4 Å². The summed E-state index contributed by atoms with van der Waals surface area (Å²) in [5, 5.41) is 16.0. The van der Waals surface area contributed by atoms with Crippen LogP contribution in [0.15, 0.2) is 42.6 Å². The molecule has 1 aromatic heterocycles. The van der Waals surface area contributed by atoms with E-state index in [0.717, 1.165) is 40.0 Å². The van der Waals surface area contributed by atoms with Crippen molar-refractivity contribution in [2.45, 2.75) is 18.7 Å². The van der Waals surface area contributed by atoms with E-state index in [4.69, 9.17) is 5.73 Å². The first-order valence-electron chi connectivity index (χ1n) is 10.3. The van der Waals surface area contributed by atoms with E-state index in [9.17, 15) is 40.6 Å². The molecule has 0 aliphatic heterocycles. The molecule has 0 aliphatic rings. The Kier molecular flexibility index (Phi) is 7.48. The van der Waals surface area contributed by atoms with Gasteiger partial charge in [0.2, 0.25) is 0 Å². The van der Waals surface area contributed by atoms with E-state index in [2.05, 4.69) is 5.10 Å². The number of hydrogen-bond acceptors (Lipinski definition) is 5. The largest absolute Gasteiger partial charge is 0.420 e. The second-order valence-electron chi connectivity index (χ2n) is 7.77. The Morgan fingerprint density at radius 3 is 2.33 bits per heavy atom. The maximum atomic E-state index is 14.1. The number of nitrogens with zero attached hydrogens (tertiary/aromatic N) is 3. The topological polar surface area (TPSA) is 96.4 Å². The smallest absolute Gasteiger partial charge is 0.383 e. The van der Waals surface area contributed by atoms with Crippen molar-refractivity contribution >= 4 is 17.4 Å². The fourth-order valence-corrected chi connectivity index (χ4v) is 3.36. The normalized spacial score (nSPS) is 13.4. The van der Waals surface area contributed by atoms with Crippen LogP contribution in [-0.4, -0.2) is 52.2 Å². The molecule has 3 rings (SSSR count). The lowest BCUT2D eigenvalue weighted by Gasteiger charge is -2.36. The van der Waals surface area contributed by atoms with E-state index >= 15 is 0 Å². The SMILES string of the molecule is CCN(CC(O)(CNC(=O)c1cnn(-c2ccc(F)cc2F)c1N)C(F)(F)F)c1cc(F)ccc1F. The average molecular weight is 519 g/mol. The summed E-state index contributed by atoms with van der Waals surface area (Å²) < 4.78 is 97.1. The molecule has 0 spiro atoms. The summed E-state index contributed by atoms with van der Waals surface area (Å²) in [7, 11) is 0. The third kappa shape index (κ3) is 5.37. The Bertz CT molecular complexity index is 1260. The van der Waals surface area contributed by atoms with Gasteiger partial charge < -0.3 is 21.1 Å². The number of aliphatic hydroxyl groups is 1. The van der Waals surface area contributed by atoms with Gasteiger partial charge in [0.25, 0.3) is 5.91 Å². The molecule has 0 bridgehead atoms. The molecule has 36 heavy (non-hydrogen) atoms. The van der Waals surface area contributed by atoms with Gasteiger partial charge in [-0.05, 0) is 31.2 Å². The Hall–Kier alpha value is -3.81. The lowest BCUT2D eigenvalue weighted by molar-refractivity contribution is -0.253. The fourth-order valence-electron chi connectivity index (χ4n) is 3.36. The summed E-state index contributed by atoms with van der Waals surface area (Å²) in [5.41, 5.74) is 0.903. The zero-order valence-corrected chi connectivity index (χ0v) is 18.6. The molecule has 1 unspecified atom stereocenters. The van der Waals surface area contributed by atoms with Crippen LogP contribution in [0, 0.1) is 23.3 Å².